The van der Waals surface area contributed by atoms with Gasteiger partial charge >= 0.3 is 5.97 Å². The Bertz CT molecular complexity index is 497. The molecule has 0 amide bonds. The molecule has 1 N–H and O–H groups in total. The molecule has 6 heteroatoms. The van der Waals surface area contributed by atoms with Gasteiger partial charge in [0.2, 0.25) is 0 Å². The van der Waals surface area contributed by atoms with E-state index in [0.29, 0.717) is 17.0 Å². The maximum atomic E-state index is 11.4. The first kappa shape index (κ1) is 8.74. The van der Waals surface area contributed by atoms with Gasteiger partial charge in [-0.2, -0.15) is 0 Å². The maximum absolute atomic E-state index is 11.4. The number of carbonyl (C=O) groups is 1. The summed E-state index contributed by atoms with van der Waals surface area (Å²) < 4.78 is 6.31. The number of rotatable bonds is 1. The lowest BCUT2D eigenvalue weighted by Crippen LogP contribution is -2.02. The smallest absolute Gasteiger partial charge is 0.343 e. The Labute approximate surface area is 79.9 Å². The van der Waals surface area contributed by atoms with E-state index in [4.69, 9.17) is 0 Å². The van der Waals surface area contributed by atoms with Crippen LogP contribution < -0.4 is 0 Å². The first-order valence-electron chi connectivity index (χ1n) is 4.13. The third kappa shape index (κ3) is 1.00. The van der Waals surface area contributed by atoms with Crippen molar-refractivity contribution in [3.05, 3.63) is 17.1 Å². The number of H-pyrrole nitrogens is 1. The van der Waals surface area contributed by atoms with E-state index in [9.17, 15) is 4.79 Å². The molecular weight excluding hydrogens is 184 g/mol. The second-order valence-corrected chi connectivity index (χ2v) is 3.01. The Hall–Kier alpha value is -1.85. The van der Waals surface area contributed by atoms with Crippen LogP contribution in [0.2, 0.25) is 0 Å². The molecule has 74 valence electrons. The highest BCUT2D eigenvalue weighted by Gasteiger charge is 2.19. The van der Waals surface area contributed by atoms with Crippen molar-refractivity contribution in [3.63, 3.8) is 0 Å². The summed E-state index contributed by atoms with van der Waals surface area (Å²) in [7, 11) is 1.34. The number of nitrogens with one attached hydrogen (secondary N) is 1. The summed E-state index contributed by atoms with van der Waals surface area (Å²) >= 11 is 0. The highest BCUT2D eigenvalue weighted by molar-refractivity contribution is 5.97. The molecule has 2 rings (SSSR count). The lowest BCUT2D eigenvalue weighted by Gasteiger charge is -1.94. The van der Waals surface area contributed by atoms with Gasteiger partial charge in [0.05, 0.1) is 7.11 Å². The molecule has 0 aliphatic carbocycles. The van der Waals surface area contributed by atoms with Gasteiger partial charge in [-0.3, -0.25) is 5.10 Å². The molecule has 0 unspecified atom stereocenters. The summed E-state index contributed by atoms with van der Waals surface area (Å²) in [5, 5.41) is 10.7. The normalized spacial score (nSPS) is 10.8. The Kier molecular flexibility index (Phi) is 1.77. The van der Waals surface area contributed by atoms with Crippen LogP contribution >= 0.6 is 0 Å². The van der Waals surface area contributed by atoms with E-state index in [1.165, 1.54) is 7.11 Å². The van der Waals surface area contributed by atoms with E-state index in [1.807, 2.05) is 0 Å². The predicted molar refractivity (Wildman–Crippen MR) is 48.2 cm³/mol. The molecule has 2 heterocycles. The van der Waals surface area contributed by atoms with Crippen molar-refractivity contribution in [3.8, 4) is 0 Å². The quantitative estimate of drug-likeness (QED) is 0.669. The lowest BCUT2D eigenvalue weighted by atomic mass is 10.2. The number of hydrogen-bond donors (Lipinski definition) is 1. The second-order valence-electron chi connectivity index (χ2n) is 3.01. The van der Waals surface area contributed by atoms with Crippen LogP contribution in [0.4, 0.5) is 0 Å². The van der Waals surface area contributed by atoms with Crippen LogP contribution in [0.5, 0.6) is 0 Å². The average molecular weight is 194 g/mol. The van der Waals surface area contributed by atoms with Crippen molar-refractivity contribution in [1.82, 2.24) is 19.8 Å². The Balaban J connectivity index is 2.74. The largest absolute Gasteiger partial charge is 0.465 e. The fourth-order valence-electron chi connectivity index (χ4n) is 1.40. The summed E-state index contributed by atoms with van der Waals surface area (Å²) in [6, 6.07) is 0. The van der Waals surface area contributed by atoms with Gasteiger partial charge < -0.3 is 4.74 Å². The minimum absolute atomic E-state index is 0.402. The van der Waals surface area contributed by atoms with Gasteiger partial charge in [-0.1, -0.05) is 0 Å². The van der Waals surface area contributed by atoms with E-state index in [-0.39, 0.29) is 0 Å². The number of methoxy groups -OCH3 is 1. The molecule has 0 bridgehead atoms. The molecule has 0 aliphatic rings. The highest BCUT2D eigenvalue weighted by atomic mass is 16.5. The van der Waals surface area contributed by atoms with E-state index in [1.54, 1.807) is 18.4 Å². The maximum Gasteiger partial charge on any atom is 0.343 e. The SMILES string of the molecule is COC(=O)c1c(C)[nH]n2c(C)nnc12. The lowest BCUT2D eigenvalue weighted by molar-refractivity contribution is 0.0602. The monoisotopic (exact) mass is 194 g/mol. The Morgan fingerprint density at radius 3 is 2.79 bits per heavy atom. The molecule has 6 nitrogen and oxygen atoms in total. The molecule has 0 saturated heterocycles. The van der Waals surface area contributed by atoms with Gasteiger partial charge in [0, 0.05) is 5.69 Å². The zero-order chi connectivity index (χ0) is 10.3. The molecule has 0 fully saturated rings. The molecule has 0 aliphatic heterocycles. The van der Waals surface area contributed by atoms with E-state index >= 15 is 0 Å². The van der Waals surface area contributed by atoms with Crippen LogP contribution in [0.15, 0.2) is 0 Å². The summed E-state index contributed by atoms with van der Waals surface area (Å²) in [5.74, 6) is 0.305. The van der Waals surface area contributed by atoms with Crippen molar-refractivity contribution in [2.24, 2.45) is 0 Å². The van der Waals surface area contributed by atoms with Crippen molar-refractivity contribution in [1.29, 1.82) is 0 Å². The third-order valence-electron chi connectivity index (χ3n) is 2.09. The van der Waals surface area contributed by atoms with Crippen LogP contribution in [0.3, 0.4) is 0 Å². The molecule has 2 aromatic rings. The van der Waals surface area contributed by atoms with Crippen molar-refractivity contribution in [2.45, 2.75) is 13.8 Å². The van der Waals surface area contributed by atoms with Gasteiger partial charge in [-0.25, -0.2) is 9.31 Å². The molecule has 0 radical (unpaired) electrons. The second kappa shape index (κ2) is 2.83. The summed E-state index contributed by atoms with van der Waals surface area (Å²) in [6.07, 6.45) is 0. The van der Waals surface area contributed by atoms with Gasteiger partial charge in [-0.15, -0.1) is 10.2 Å². The number of carbonyl (C=O) groups excluding carboxylic acids is 1. The first-order valence-corrected chi connectivity index (χ1v) is 4.13. The fraction of sp³-hybridized carbons (Fsp3) is 0.375. The van der Waals surface area contributed by atoms with Crippen LogP contribution in [0.1, 0.15) is 21.9 Å². The number of hydrogen-bond acceptors (Lipinski definition) is 4. The van der Waals surface area contributed by atoms with Gasteiger partial charge in [0.15, 0.2) is 5.65 Å². The zero-order valence-electron chi connectivity index (χ0n) is 8.16. The number of aromatic nitrogens is 4. The summed E-state index contributed by atoms with van der Waals surface area (Å²) in [6.45, 7) is 3.59. The fourth-order valence-corrected chi connectivity index (χ4v) is 1.40. The zero-order valence-corrected chi connectivity index (χ0v) is 8.16. The predicted octanol–water partition coefficient (Wildman–Crippen LogP) is 0.461. The van der Waals surface area contributed by atoms with Crippen LogP contribution in [0.25, 0.3) is 5.65 Å². The number of nitrogens with zero attached hydrogens (tertiary/aromatic N) is 3. The highest BCUT2D eigenvalue weighted by Crippen LogP contribution is 2.14. The van der Waals surface area contributed by atoms with Crippen molar-refractivity contribution < 1.29 is 9.53 Å². The van der Waals surface area contributed by atoms with Gasteiger partial charge in [0.1, 0.15) is 11.4 Å². The molecule has 0 atom stereocenters. The number of fused-ring (bicyclic) bond motifs is 1. The Morgan fingerprint density at radius 1 is 1.43 bits per heavy atom. The number of esters is 1. The minimum Gasteiger partial charge on any atom is -0.465 e. The van der Waals surface area contributed by atoms with E-state index < -0.39 is 5.97 Å². The third-order valence-corrected chi connectivity index (χ3v) is 2.09. The van der Waals surface area contributed by atoms with Crippen molar-refractivity contribution >= 4 is 11.6 Å². The van der Waals surface area contributed by atoms with Crippen LogP contribution in [0, 0.1) is 13.8 Å². The number of ether oxygens (including phenoxy) is 1. The van der Waals surface area contributed by atoms with Gasteiger partial charge in [0.25, 0.3) is 0 Å². The summed E-state index contributed by atoms with van der Waals surface area (Å²) in [5.41, 5.74) is 1.67. The molecule has 14 heavy (non-hydrogen) atoms. The molecule has 0 spiro atoms. The average Bonchev–Trinajstić information content (AvgIpc) is 2.65. The topological polar surface area (TPSA) is 72.3 Å². The van der Waals surface area contributed by atoms with E-state index in [2.05, 4.69) is 20.0 Å². The molecule has 0 aromatic carbocycles. The van der Waals surface area contributed by atoms with Crippen molar-refractivity contribution in [2.75, 3.05) is 7.11 Å². The van der Waals surface area contributed by atoms with Gasteiger partial charge in [-0.05, 0) is 13.8 Å². The number of aryl methyl sites for hydroxylation is 2. The summed E-state index contributed by atoms with van der Waals surface area (Å²) in [4.78, 5) is 11.4. The van der Waals surface area contributed by atoms with Crippen LogP contribution in [-0.2, 0) is 4.74 Å². The number of aromatic amines is 1. The Morgan fingerprint density at radius 2 is 2.14 bits per heavy atom. The van der Waals surface area contributed by atoms with E-state index in [0.717, 1.165) is 5.69 Å². The standard InChI is InChI=1S/C8H10N4O2/c1-4-6(8(13)14-3)7-10-9-5(2)12(7)11-4/h11H,1-3H3. The van der Waals surface area contributed by atoms with Crippen LogP contribution in [-0.4, -0.2) is 32.9 Å². The molecule has 0 saturated carbocycles. The first-order chi connectivity index (χ1) is 6.65. The molecule has 2 aromatic heterocycles. The molecular formula is C8H10N4O2. The minimum atomic E-state index is -0.402.